The van der Waals surface area contributed by atoms with Gasteiger partial charge in [0.15, 0.2) is 0 Å². The summed E-state index contributed by atoms with van der Waals surface area (Å²) in [6.45, 7) is 3.96. The Bertz CT molecular complexity index is 586. The molecule has 0 aliphatic heterocycles. The molecule has 1 aliphatic carbocycles. The number of hydrogen-bond acceptors (Lipinski definition) is 3. The number of carbonyl (C=O) groups is 2. The Morgan fingerprint density at radius 2 is 1.75 bits per heavy atom. The summed E-state index contributed by atoms with van der Waals surface area (Å²) in [5.74, 6) is -1.49. The van der Waals surface area contributed by atoms with E-state index >= 15 is 0 Å². The van der Waals surface area contributed by atoms with Crippen LogP contribution in [0.2, 0.25) is 0 Å². The molecule has 0 radical (unpaired) electrons. The third-order valence-corrected chi connectivity index (χ3v) is 3.01. The quantitative estimate of drug-likeness (QED) is 0.639. The summed E-state index contributed by atoms with van der Waals surface area (Å²) in [7, 11) is 0. The van der Waals surface area contributed by atoms with Crippen LogP contribution in [0.3, 0.4) is 0 Å². The minimum atomic E-state index is -0.768. The molecule has 2 rings (SSSR count). The van der Waals surface area contributed by atoms with Crippen LogP contribution in [0.1, 0.15) is 25.3 Å². The van der Waals surface area contributed by atoms with E-state index < -0.39 is 11.8 Å². The van der Waals surface area contributed by atoms with Crippen molar-refractivity contribution in [2.24, 2.45) is 5.10 Å². The van der Waals surface area contributed by atoms with Crippen LogP contribution in [0.15, 0.2) is 41.0 Å². The van der Waals surface area contributed by atoms with Gasteiger partial charge in [0.1, 0.15) is 0 Å². The molecule has 0 unspecified atom stereocenters. The van der Waals surface area contributed by atoms with Crippen LogP contribution >= 0.6 is 0 Å². The Kier molecular flexibility index (Phi) is 4.30. The Balaban J connectivity index is 1.89. The molecule has 0 atom stereocenters. The smallest absolute Gasteiger partial charge is 0.318 e. The Hall–Kier alpha value is -2.43. The molecule has 5 heteroatoms. The Labute approximate surface area is 117 Å². The zero-order chi connectivity index (χ0) is 14.5. The molecule has 0 saturated heterocycles. The first kappa shape index (κ1) is 14.0. The first-order chi connectivity index (χ1) is 9.54. The second-order valence-electron chi connectivity index (χ2n) is 4.85. The van der Waals surface area contributed by atoms with E-state index in [0.717, 1.165) is 24.1 Å². The molecule has 0 spiro atoms. The van der Waals surface area contributed by atoms with E-state index in [1.807, 2.05) is 32.1 Å². The van der Waals surface area contributed by atoms with E-state index in [1.54, 1.807) is 12.1 Å². The highest BCUT2D eigenvalue weighted by Gasteiger charge is 2.14. The van der Waals surface area contributed by atoms with Gasteiger partial charge in [-0.15, -0.1) is 0 Å². The van der Waals surface area contributed by atoms with Gasteiger partial charge in [-0.2, -0.15) is 5.10 Å². The van der Waals surface area contributed by atoms with Gasteiger partial charge >= 0.3 is 11.8 Å². The highest BCUT2D eigenvalue weighted by molar-refractivity contribution is 6.39. The van der Waals surface area contributed by atoms with Crippen LogP contribution in [0.25, 0.3) is 0 Å². The van der Waals surface area contributed by atoms with Crippen LogP contribution in [0.5, 0.6) is 0 Å². The molecule has 104 valence electrons. The van der Waals surface area contributed by atoms with Crippen LogP contribution in [0, 0.1) is 6.92 Å². The molecule has 2 N–H and O–H groups in total. The van der Waals surface area contributed by atoms with E-state index in [1.165, 1.54) is 5.57 Å². The zero-order valence-electron chi connectivity index (χ0n) is 11.6. The van der Waals surface area contributed by atoms with Crippen molar-refractivity contribution in [3.63, 3.8) is 0 Å². The number of hydrogen-bond donors (Lipinski definition) is 2. The second kappa shape index (κ2) is 6.14. The van der Waals surface area contributed by atoms with Crippen molar-refractivity contribution in [3.05, 3.63) is 41.5 Å². The Morgan fingerprint density at radius 3 is 2.35 bits per heavy atom. The number of rotatable bonds is 2. The predicted molar refractivity (Wildman–Crippen MR) is 78.4 cm³/mol. The van der Waals surface area contributed by atoms with Crippen molar-refractivity contribution in [3.8, 4) is 0 Å². The molecule has 0 heterocycles. The van der Waals surface area contributed by atoms with E-state index in [2.05, 4.69) is 15.8 Å². The first-order valence-corrected chi connectivity index (χ1v) is 6.46. The summed E-state index contributed by atoms with van der Waals surface area (Å²) in [6.07, 6.45) is 3.66. The van der Waals surface area contributed by atoms with E-state index in [-0.39, 0.29) is 0 Å². The van der Waals surface area contributed by atoms with Gasteiger partial charge < -0.3 is 5.32 Å². The molecule has 0 bridgehead atoms. The molecular weight excluding hydrogens is 254 g/mol. The number of allylic oxidation sites excluding steroid dienone is 2. The maximum atomic E-state index is 11.7. The number of aryl methyl sites for hydroxylation is 1. The molecule has 0 aromatic heterocycles. The van der Waals surface area contributed by atoms with Gasteiger partial charge in [-0.25, -0.2) is 5.43 Å². The van der Waals surface area contributed by atoms with Gasteiger partial charge in [0.05, 0.1) is 5.71 Å². The maximum Gasteiger partial charge on any atom is 0.329 e. The zero-order valence-corrected chi connectivity index (χ0v) is 11.6. The molecular formula is C15H17N3O2. The van der Waals surface area contributed by atoms with E-state index in [0.29, 0.717) is 5.69 Å². The fraction of sp³-hybridized carbons (Fsp3) is 0.267. The minimum Gasteiger partial charge on any atom is -0.318 e. The molecule has 1 aromatic rings. The predicted octanol–water partition coefficient (Wildman–Crippen LogP) is 2.15. The van der Waals surface area contributed by atoms with Crippen LogP contribution in [-0.2, 0) is 9.59 Å². The van der Waals surface area contributed by atoms with Gasteiger partial charge in [0, 0.05) is 5.69 Å². The van der Waals surface area contributed by atoms with Crippen LogP contribution in [0.4, 0.5) is 5.69 Å². The normalized spacial score (nSPS) is 15.9. The van der Waals surface area contributed by atoms with Gasteiger partial charge in [-0.05, 0) is 44.9 Å². The number of benzene rings is 1. The minimum absolute atomic E-state index is 0.583. The molecule has 20 heavy (non-hydrogen) atoms. The number of nitrogens with one attached hydrogen (secondary N) is 2. The van der Waals surface area contributed by atoms with Crippen molar-refractivity contribution in [2.75, 3.05) is 5.32 Å². The number of amides is 2. The number of carbonyl (C=O) groups excluding carboxylic acids is 2. The lowest BCUT2D eigenvalue weighted by atomic mass is 10.2. The molecule has 5 nitrogen and oxygen atoms in total. The average molecular weight is 271 g/mol. The summed E-state index contributed by atoms with van der Waals surface area (Å²) in [6, 6.07) is 7.21. The molecule has 2 amide bonds. The van der Waals surface area contributed by atoms with Crippen molar-refractivity contribution in [2.45, 2.75) is 26.7 Å². The largest absolute Gasteiger partial charge is 0.329 e. The highest BCUT2D eigenvalue weighted by atomic mass is 16.2. The van der Waals surface area contributed by atoms with Crippen LogP contribution < -0.4 is 10.7 Å². The average Bonchev–Trinajstić information content (AvgIpc) is 2.84. The lowest BCUT2D eigenvalue weighted by molar-refractivity contribution is -0.136. The Morgan fingerprint density at radius 1 is 1.05 bits per heavy atom. The van der Waals surface area contributed by atoms with E-state index in [4.69, 9.17) is 0 Å². The SMILES string of the molecule is CC1=C/C(=N/NC(=O)C(=O)Nc2ccc(C)cc2)CC1. The molecule has 1 aromatic carbocycles. The summed E-state index contributed by atoms with van der Waals surface area (Å²) >= 11 is 0. The van der Waals surface area contributed by atoms with Crippen LogP contribution in [-0.4, -0.2) is 17.5 Å². The summed E-state index contributed by atoms with van der Waals surface area (Å²) in [5.41, 5.74) is 5.95. The summed E-state index contributed by atoms with van der Waals surface area (Å²) in [5, 5.41) is 6.45. The monoisotopic (exact) mass is 271 g/mol. The van der Waals surface area contributed by atoms with Gasteiger partial charge in [0.25, 0.3) is 0 Å². The van der Waals surface area contributed by atoms with Crippen molar-refractivity contribution < 1.29 is 9.59 Å². The van der Waals surface area contributed by atoms with Crippen molar-refractivity contribution in [1.29, 1.82) is 0 Å². The van der Waals surface area contributed by atoms with E-state index in [9.17, 15) is 9.59 Å². The summed E-state index contributed by atoms with van der Waals surface area (Å²) in [4.78, 5) is 23.3. The lowest BCUT2D eigenvalue weighted by Gasteiger charge is -2.04. The maximum absolute atomic E-state index is 11.7. The lowest BCUT2D eigenvalue weighted by Crippen LogP contribution is -2.32. The van der Waals surface area contributed by atoms with Crippen molar-refractivity contribution in [1.82, 2.24) is 5.43 Å². The fourth-order valence-electron chi connectivity index (χ4n) is 1.84. The topological polar surface area (TPSA) is 70.6 Å². The number of hydrazone groups is 1. The molecule has 0 fully saturated rings. The van der Waals surface area contributed by atoms with Crippen molar-refractivity contribution >= 4 is 23.2 Å². The number of anilines is 1. The first-order valence-electron chi connectivity index (χ1n) is 6.46. The molecule has 0 saturated carbocycles. The number of nitrogens with zero attached hydrogens (tertiary/aromatic N) is 1. The fourth-order valence-corrected chi connectivity index (χ4v) is 1.84. The summed E-state index contributed by atoms with van der Waals surface area (Å²) < 4.78 is 0. The highest BCUT2D eigenvalue weighted by Crippen LogP contribution is 2.14. The van der Waals surface area contributed by atoms with Gasteiger partial charge in [0.2, 0.25) is 0 Å². The van der Waals surface area contributed by atoms with Gasteiger partial charge in [-0.3, -0.25) is 9.59 Å². The second-order valence-corrected chi connectivity index (χ2v) is 4.85. The standard InChI is InChI=1S/C15H17N3O2/c1-10-3-6-12(7-4-10)16-14(19)15(20)18-17-13-8-5-11(2)9-13/h3-4,6-7,9H,5,8H2,1-2H3,(H,16,19)(H,18,20)/b17-13+. The third-order valence-electron chi connectivity index (χ3n) is 3.01. The molecule has 1 aliphatic rings. The third kappa shape index (κ3) is 3.78. The van der Waals surface area contributed by atoms with Gasteiger partial charge in [-0.1, -0.05) is 23.3 Å².